The first-order valence-corrected chi connectivity index (χ1v) is 8.66. The van der Waals surface area contributed by atoms with Gasteiger partial charge in [-0.3, -0.25) is 10.00 Å². The van der Waals surface area contributed by atoms with Gasteiger partial charge in [0, 0.05) is 25.6 Å². The molecule has 128 valence electrons. The van der Waals surface area contributed by atoms with E-state index in [1.165, 1.54) is 5.56 Å². The molecule has 0 amide bonds. The van der Waals surface area contributed by atoms with Gasteiger partial charge < -0.3 is 9.47 Å². The summed E-state index contributed by atoms with van der Waals surface area (Å²) in [7, 11) is 0. The molecule has 2 fully saturated rings. The summed E-state index contributed by atoms with van der Waals surface area (Å²) in [4.78, 5) is 6.85. The zero-order valence-corrected chi connectivity index (χ0v) is 14.0. The number of hydrogen-bond acceptors (Lipinski definition) is 5. The Kier molecular flexibility index (Phi) is 4.60. The van der Waals surface area contributed by atoms with Crippen LogP contribution < -0.4 is 0 Å². The minimum Gasteiger partial charge on any atom is -0.375 e. The molecule has 2 aliphatic heterocycles. The summed E-state index contributed by atoms with van der Waals surface area (Å²) in [5.41, 5.74) is 1.23. The lowest BCUT2D eigenvalue weighted by atomic mass is 10.0. The van der Waals surface area contributed by atoms with Crippen LogP contribution in [0.15, 0.2) is 30.3 Å². The van der Waals surface area contributed by atoms with Crippen molar-refractivity contribution in [3.63, 3.8) is 0 Å². The predicted octanol–water partition coefficient (Wildman–Crippen LogP) is 2.09. The standard InChI is InChI=1S/C18H24N4O2/c1-13-19-18(21-20-13)16-9-15-10-22(11-17(15)24-16)7-8-23-12-14-5-3-2-4-6-14/h2-6,15-17H,7-12H2,1H3,(H,19,20,21)/t15-,16-,17+/m0/s1. The molecular weight excluding hydrogens is 304 g/mol. The number of hydrogen-bond donors (Lipinski definition) is 1. The molecule has 2 aromatic rings. The fourth-order valence-corrected chi connectivity index (χ4v) is 3.66. The number of nitrogens with one attached hydrogen (secondary N) is 1. The Hall–Kier alpha value is -1.76. The maximum atomic E-state index is 6.16. The molecular formula is C18H24N4O2. The average Bonchev–Trinajstić information content (AvgIpc) is 3.27. The fourth-order valence-electron chi connectivity index (χ4n) is 3.66. The number of nitrogens with zero attached hydrogens (tertiary/aromatic N) is 3. The summed E-state index contributed by atoms with van der Waals surface area (Å²) < 4.78 is 12.0. The number of rotatable bonds is 6. The van der Waals surface area contributed by atoms with Crippen LogP contribution in [0.2, 0.25) is 0 Å². The number of H-pyrrole nitrogens is 1. The van der Waals surface area contributed by atoms with Crippen molar-refractivity contribution in [2.75, 3.05) is 26.2 Å². The Morgan fingerprint density at radius 1 is 1.29 bits per heavy atom. The SMILES string of the molecule is Cc1nc([C@@H]2C[C@H]3CN(CCOCc4ccccc4)C[C@H]3O2)n[nH]1. The molecule has 1 aromatic carbocycles. The van der Waals surface area contributed by atoms with Crippen molar-refractivity contribution in [1.29, 1.82) is 0 Å². The van der Waals surface area contributed by atoms with Crippen molar-refractivity contribution in [2.24, 2.45) is 5.92 Å². The molecule has 6 nitrogen and oxygen atoms in total. The van der Waals surface area contributed by atoms with Crippen LogP contribution >= 0.6 is 0 Å². The number of benzene rings is 1. The van der Waals surface area contributed by atoms with Crippen molar-refractivity contribution >= 4 is 0 Å². The minimum atomic E-state index is 0.0569. The van der Waals surface area contributed by atoms with Gasteiger partial charge in [-0.15, -0.1) is 0 Å². The lowest BCUT2D eigenvalue weighted by molar-refractivity contribution is 0.0288. The minimum absolute atomic E-state index is 0.0569. The molecule has 3 heterocycles. The van der Waals surface area contributed by atoms with Crippen LogP contribution in [0.5, 0.6) is 0 Å². The second kappa shape index (κ2) is 7.01. The van der Waals surface area contributed by atoms with E-state index in [9.17, 15) is 0 Å². The van der Waals surface area contributed by atoms with Crippen molar-refractivity contribution in [2.45, 2.75) is 32.2 Å². The largest absolute Gasteiger partial charge is 0.375 e. The van der Waals surface area contributed by atoms with E-state index >= 15 is 0 Å². The maximum Gasteiger partial charge on any atom is 0.179 e. The molecule has 0 spiro atoms. The van der Waals surface area contributed by atoms with E-state index in [2.05, 4.69) is 32.2 Å². The van der Waals surface area contributed by atoms with Crippen LogP contribution in [-0.4, -0.2) is 52.4 Å². The first-order valence-electron chi connectivity index (χ1n) is 8.66. The topological polar surface area (TPSA) is 63.3 Å². The van der Waals surface area contributed by atoms with Gasteiger partial charge in [-0.1, -0.05) is 30.3 Å². The van der Waals surface area contributed by atoms with Crippen LogP contribution in [0.3, 0.4) is 0 Å². The van der Waals surface area contributed by atoms with Gasteiger partial charge in [0.25, 0.3) is 0 Å². The zero-order valence-electron chi connectivity index (χ0n) is 14.0. The molecule has 2 saturated heterocycles. The van der Waals surface area contributed by atoms with Crippen LogP contribution in [0.25, 0.3) is 0 Å². The van der Waals surface area contributed by atoms with Gasteiger partial charge >= 0.3 is 0 Å². The lowest BCUT2D eigenvalue weighted by Crippen LogP contribution is -2.27. The third-order valence-corrected chi connectivity index (χ3v) is 4.88. The highest BCUT2D eigenvalue weighted by molar-refractivity contribution is 5.13. The van der Waals surface area contributed by atoms with E-state index in [0.717, 1.165) is 44.3 Å². The first-order chi connectivity index (χ1) is 11.8. The Balaban J connectivity index is 1.19. The molecule has 0 unspecified atom stereocenters. The average molecular weight is 328 g/mol. The monoisotopic (exact) mass is 328 g/mol. The third-order valence-electron chi connectivity index (χ3n) is 4.88. The second-order valence-corrected chi connectivity index (χ2v) is 6.74. The van der Waals surface area contributed by atoms with Gasteiger partial charge in [-0.05, 0) is 18.9 Å². The summed E-state index contributed by atoms with van der Waals surface area (Å²) in [6, 6.07) is 10.3. The smallest absolute Gasteiger partial charge is 0.179 e. The second-order valence-electron chi connectivity index (χ2n) is 6.74. The Bertz CT molecular complexity index is 646. The van der Waals surface area contributed by atoms with Gasteiger partial charge in [-0.2, -0.15) is 5.10 Å². The molecule has 1 N–H and O–H groups in total. The summed E-state index contributed by atoms with van der Waals surface area (Å²) in [6.45, 7) is 6.40. The molecule has 4 rings (SSSR count). The Labute approximate surface area is 142 Å². The van der Waals surface area contributed by atoms with Gasteiger partial charge in [0.15, 0.2) is 5.82 Å². The van der Waals surface area contributed by atoms with E-state index in [-0.39, 0.29) is 6.10 Å². The number of likely N-dealkylation sites (tertiary alicyclic amines) is 1. The number of aromatic amines is 1. The van der Waals surface area contributed by atoms with E-state index in [4.69, 9.17) is 9.47 Å². The number of fused-ring (bicyclic) bond motifs is 1. The number of aromatic nitrogens is 3. The van der Waals surface area contributed by atoms with Crippen LogP contribution in [0, 0.1) is 12.8 Å². The Morgan fingerprint density at radius 2 is 2.17 bits per heavy atom. The highest BCUT2D eigenvalue weighted by Crippen LogP contribution is 2.39. The molecule has 24 heavy (non-hydrogen) atoms. The van der Waals surface area contributed by atoms with Gasteiger partial charge in [0.2, 0.25) is 0 Å². The highest BCUT2D eigenvalue weighted by atomic mass is 16.5. The predicted molar refractivity (Wildman–Crippen MR) is 89.4 cm³/mol. The molecule has 0 saturated carbocycles. The summed E-state index contributed by atoms with van der Waals surface area (Å²) in [6.07, 6.45) is 1.38. The molecule has 2 aliphatic rings. The van der Waals surface area contributed by atoms with Gasteiger partial charge in [0.1, 0.15) is 11.9 Å². The van der Waals surface area contributed by atoms with Gasteiger partial charge in [-0.25, -0.2) is 4.98 Å². The molecule has 1 aromatic heterocycles. The van der Waals surface area contributed by atoms with Crippen LogP contribution in [0.1, 0.15) is 29.7 Å². The van der Waals surface area contributed by atoms with E-state index in [1.807, 2.05) is 25.1 Å². The highest BCUT2D eigenvalue weighted by Gasteiger charge is 2.43. The molecule has 6 heteroatoms. The molecule has 0 radical (unpaired) electrons. The van der Waals surface area contributed by atoms with Crippen molar-refractivity contribution in [3.8, 4) is 0 Å². The summed E-state index contributed by atoms with van der Waals surface area (Å²) in [5, 5.41) is 7.14. The normalized spacial score (nSPS) is 26.8. The molecule has 0 bridgehead atoms. The molecule has 0 aliphatic carbocycles. The van der Waals surface area contributed by atoms with Crippen molar-refractivity contribution in [3.05, 3.63) is 47.5 Å². The van der Waals surface area contributed by atoms with Gasteiger partial charge in [0.05, 0.1) is 19.3 Å². The van der Waals surface area contributed by atoms with E-state index in [1.54, 1.807) is 0 Å². The Morgan fingerprint density at radius 3 is 2.92 bits per heavy atom. The number of ether oxygens (including phenoxy) is 2. The quantitative estimate of drug-likeness (QED) is 0.823. The van der Waals surface area contributed by atoms with Crippen LogP contribution in [0.4, 0.5) is 0 Å². The fraction of sp³-hybridized carbons (Fsp3) is 0.556. The van der Waals surface area contributed by atoms with E-state index < -0.39 is 0 Å². The van der Waals surface area contributed by atoms with Crippen molar-refractivity contribution in [1.82, 2.24) is 20.1 Å². The number of aryl methyl sites for hydroxylation is 1. The van der Waals surface area contributed by atoms with E-state index in [0.29, 0.717) is 18.6 Å². The molecule has 3 atom stereocenters. The lowest BCUT2D eigenvalue weighted by Gasteiger charge is -2.18. The summed E-state index contributed by atoms with van der Waals surface area (Å²) in [5.74, 6) is 2.24. The third kappa shape index (κ3) is 3.50. The van der Waals surface area contributed by atoms with Crippen molar-refractivity contribution < 1.29 is 9.47 Å². The first kappa shape index (κ1) is 15.7. The van der Waals surface area contributed by atoms with Crippen LogP contribution in [-0.2, 0) is 16.1 Å². The zero-order chi connectivity index (χ0) is 16.4. The summed E-state index contributed by atoms with van der Waals surface area (Å²) >= 11 is 0. The maximum absolute atomic E-state index is 6.16.